The largest absolute Gasteiger partial charge is 0.311 e. The Hall–Kier alpha value is -0.570. The Labute approximate surface area is 127 Å². The van der Waals surface area contributed by atoms with E-state index in [9.17, 15) is 0 Å². The van der Waals surface area contributed by atoms with Crippen LogP contribution in [0, 0.1) is 11.8 Å². The summed E-state index contributed by atoms with van der Waals surface area (Å²) in [7, 11) is 0. The van der Waals surface area contributed by atoms with Gasteiger partial charge in [-0.2, -0.15) is 0 Å². The number of rotatable bonds is 4. The van der Waals surface area contributed by atoms with Crippen LogP contribution in [0.3, 0.4) is 0 Å². The van der Waals surface area contributed by atoms with Crippen LogP contribution in [-0.2, 0) is 6.54 Å². The van der Waals surface area contributed by atoms with E-state index < -0.39 is 0 Å². The molecular weight excluding hydrogens is 268 g/mol. The van der Waals surface area contributed by atoms with Crippen molar-refractivity contribution in [2.45, 2.75) is 45.3 Å². The minimum atomic E-state index is 0.612. The Balaban J connectivity index is 1.73. The van der Waals surface area contributed by atoms with Crippen molar-refractivity contribution in [3.8, 4) is 0 Å². The quantitative estimate of drug-likeness (QED) is 0.913. The van der Waals surface area contributed by atoms with Crippen molar-refractivity contribution in [1.82, 2.24) is 10.2 Å². The van der Waals surface area contributed by atoms with Crippen LogP contribution in [-0.4, -0.2) is 30.1 Å². The Morgan fingerprint density at radius 3 is 2.70 bits per heavy atom. The molecule has 20 heavy (non-hydrogen) atoms. The first-order valence-electron chi connectivity index (χ1n) is 7.86. The van der Waals surface area contributed by atoms with E-state index >= 15 is 0 Å². The third kappa shape index (κ3) is 3.19. The van der Waals surface area contributed by atoms with Gasteiger partial charge >= 0.3 is 0 Å². The maximum atomic E-state index is 6.34. The first kappa shape index (κ1) is 14.4. The highest BCUT2D eigenvalue weighted by molar-refractivity contribution is 6.31. The van der Waals surface area contributed by atoms with Crippen LogP contribution < -0.4 is 5.32 Å². The molecule has 1 N–H and O–H groups in total. The summed E-state index contributed by atoms with van der Waals surface area (Å²) in [5.41, 5.74) is 1.26. The highest BCUT2D eigenvalue weighted by Gasteiger charge is 2.37. The van der Waals surface area contributed by atoms with Gasteiger partial charge in [0.1, 0.15) is 0 Å². The Kier molecular flexibility index (Phi) is 4.34. The van der Waals surface area contributed by atoms with E-state index in [1.165, 1.54) is 24.9 Å². The van der Waals surface area contributed by atoms with Gasteiger partial charge in [-0.15, -0.1) is 0 Å². The van der Waals surface area contributed by atoms with E-state index in [1.807, 2.05) is 12.1 Å². The first-order chi connectivity index (χ1) is 9.65. The molecule has 3 rings (SSSR count). The van der Waals surface area contributed by atoms with Gasteiger partial charge in [-0.1, -0.05) is 43.6 Å². The molecule has 1 heterocycles. The SMILES string of the molecule is CC(C)C1CNC(C2CC2)CN1Cc1ccccc1Cl. The van der Waals surface area contributed by atoms with Crippen molar-refractivity contribution >= 4 is 11.6 Å². The van der Waals surface area contributed by atoms with Crippen LogP contribution in [0.25, 0.3) is 0 Å². The minimum Gasteiger partial charge on any atom is -0.311 e. The summed E-state index contributed by atoms with van der Waals surface area (Å²) < 4.78 is 0. The average Bonchev–Trinajstić information content (AvgIpc) is 3.25. The average molecular weight is 293 g/mol. The fraction of sp³-hybridized carbons (Fsp3) is 0.647. The van der Waals surface area contributed by atoms with E-state index in [2.05, 4.69) is 36.2 Å². The summed E-state index contributed by atoms with van der Waals surface area (Å²) in [4.78, 5) is 2.64. The third-order valence-electron chi connectivity index (χ3n) is 4.78. The molecule has 0 bridgehead atoms. The van der Waals surface area contributed by atoms with Gasteiger partial charge in [-0.3, -0.25) is 4.90 Å². The zero-order chi connectivity index (χ0) is 14.1. The topological polar surface area (TPSA) is 15.3 Å². The molecule has 110 valence electrons. The zero-order valence-electron chi connectivity index (χ0n) is 12.5. The molecule has 2 unspecified atom stereocenters. The second-order valence-electron chi connectivity index (χ2n) is 6.68. The Bertz CT molecular complexity index is 456. The number of nitrogens with zero attached hydrogens (tertiary/aromatic N) is 1. The maximum Gasteiger partial charge on any atom is 0.0451 e. The Morgan fingerprint density at radius 2 is 2.05 bits per heavy atom. The smallest absolute Gasteiger partial charge is 0.0451 e. The molecule has 2 aliphatic rings. The summed E-state index contributed by atoms with van der Waals surface area (Å²) in [5.74, 6) is 1.59. The number of halogens is 1. The molecular formula is C17H25ClN2. The predicted molar refractivity (Wildman–Crippen MR) is 85.0 cm³/mol. The number of hydrogen-bond acceptors (Lipinski definition) is 2. The van der Waals surface area contributed by atoms with E-state index in [4.69, 9.17) is 11.6 Å². The van der Waals surface area contributed by atoms with Crippen molar-refractivity contribution in [3.05, 3.63) is 34.9 Å². The molecule has 1 aromatic rings. The highest BCUT2D eigenvalue weighted by atomic mass is 35.5. The molecule has 1 aromatic carbocycles. The molecule has 0 spiro atoms. The number of piperazine rings is 1. The summed E-state index contributed by atoms with van der Waals surface area (Å²) >= 11 is 6.34. The third-order valence-corrected chi connectivity index (χ3v) is 5.15. The van der Waals surface area contributed by atoms with E-state index in [0.29, 0.717) is 18.0 Å². The van der Waals surface area contributed by atoms with Crippen LogP contribution in [0.15, 0.2) is 24.3 Å². The van der Waals surface area contributed by atoms with Gasteiger partial charge in [0, 0.05) is 36.7 Å². The number of hydrogen-bond donors (Lipinski definition) is 1. The second-order valence-corrected chi connectivity index (χ2v) is 7.09. The van der Waals surface area contributed by atoms with Crippen molar-refractivity contribution in [3.63, 3.8) is 0 Å². The normalized spacial score (nSPS) is 28.0. The molecule has 0 aromatic heterocycles. The lowest BCUT2D eigenvalue weighted by Crippen LogP contribution is -2.58. The number of benzene rings is 1. The van der Waals surface area contributed by atoms with Gasteiger partial charge in [0.25, 0.3) is 0 Å². The van der Waals surface area contributed by atoms with Gasteiger partial charge in [-0.25, -0.2) is 0 Å². The van der Waals surface area contributed by atoms with Crippen LogP contribution in [0.4, 0.5) is 0 Å². The number of nitrogens with one attached hydrogen (secondary N) is 1. The van der Waals surface area contributed by atoms with E-state index in [1.54, 1.807) is 0 Å². The molecule has 0 amide bonds. The van der Waals surface area contributed by atoms with Crippen molar-refractivity contribution in [2.24, 2.45) is 11.8 Å². The maximum absolute atomic E-state index is 6.34. The van der Waals surface area contributed by atoms with Gasteiger partial charge in [0.05, 0.1) is 0 Å². The van der Waals surface area contributed by atoms with Crippen LogP contribution in [0.5, 0.6) is 0 Å². The minimum absolute atomic E-state index is 0.612. The molecule has 1 aliphatic heterocycles. The van der Waals surface area contributed by atoms with E-state index in [-0.39, 0.29) is 0 Å². The van der Waals surface area contributed by atoms with Gasteiger partial charge < -0.3 is 5.32 Å². The monoisotopic (exact) mass is 292 g/mol. The Morgan fingerprint density at radius 1 is 1.30 bits per heavy atom. The molecule has 2 atom stereocenters. The first-order valence-corrected chi connectivity index (χ1v) is 8.24. The molecule has 2 nitrogen and oxygen atoms in total. The van der Waals surface area contributed by atoms with Crippen LogP contribution in [0.2, 0.25) is 5.02 Å². The second kappa shape index (κ2) is 6.05. The lowest BCUT2D eigenvalue weighted by Gasteiger charge is -2.42. The fourth-order valence-electron chi connectivity index (χ4n) is 3.35. The molecule has 3 heteroatoms. The van der Waals surface area contributed by atoms with Crippen LogP contribution >= 0.6 is 11.6 Å². The lowest BCUT2D eigenvalue weighted by atomic mass is 9.96. The summed E-state index contributed by atoms with van der Waals surface area (Å²) in [6.07, 6.45) is 2.81. The predicted octanol–water partition coefficient (Wildman–Crippen LogP) is 3.55. The van der Waals surface area contributed by atoms with Crippen molar-refractivity contribution < 1.29 is 0 Å². The zero-order valence-corrected chi connectivity index (χ0v) is 13.2. The summed E-state index contributed by atoms with van der Waals surface area (Å²) in [5, 5.41) is 4.67. The van der Waals surface area contributed by atoms with Gasteiger partial charge in [0.15, 0.2) is 0 Å². The van der Waals surface area contributed by atoms with Crippen molar-refractivity contribution in [1.29, 1.82) is 0 Å². The lowest BCUT2D eigenvalue weighted by molar-refractivity contribution is 0.0852. The molecule has 1 saturated carbocycles. The van der Waals surface area contributed by atoms with Crippen LogP contribution in [0.1, 0.15) is 32.3 Å². The highest BCUT2D eigenvalue weighted by Crippen LogP contribution is 2.35. The summed E-state index contributed by atoms with van der Waals surface area (Å²) in [6.45, 7) is 7.90. The van der Waals surface area contributed by atoms with Crippen molar-refractivity contribution in [2.75, 3.05) is 13.1 Å². The molecule has 0 radical (unpaired) electrons. The van der Waals surface area contributed by atoms with E-state index in [0.717, 1.165) is 24.0 Å². The summed E-state index contributed by atoms with van der Waals surface area (Å²) in [6, 6.07) is 9.56. The molecule has 1 saturated heterocycles. The molecule has 2 fully saturated rings. The standard InChI is InChI=1S/C17H25ClN2/c1-12(2)17-9-19-16(13-7-8-13)11-20(17)10-14-5-3-4-6-15(14)18/h3-6,12-13,16-17,19H,7-11H2,1-2H3. The van der Waals surface area contributed by atoms with Gasteiger partial charge in [-0.05, 0) is 36.3 Å². The van der Waals surface area contributed by atoms with Gasteiger partial charge in [0.2, 0.25) is 0 Å². The molecule has 1 aliphatic carbocycles. The fourth-order valence-corrected chi connectivity index (χ4v) is 3.55.